The Bertz CT molecular complexity index is 1230. The summed E-state index contributed by atoms with van der Waals surface area (Å²) in [7, 11) is 2.23. The molecule has 0 aliphatic carbocycles. The van der Waals surface area contributed by atoms with Crippen molar-refractivity contribution in [2.45, 2.75) is 46.1 Å². The number of benzene rings is 2. The minimum atomic E-state index is -0.213. The predicted octanol–water partition coefficient (Wildman–Crippen LogP) is 6.06. The van der Waals surface area contributed by atoms with Crippen LogP contribution in [0.1, 0.15) is 36.8 Å². The highest BCUT2D eigenvalue weighted by Gasteiger charge is 2.17. The Morgan fingerprint density at radius 2 is 1.87 bits per heavy atom. The van der Waals surface area contributed by atoms with Crippen LogP contribution in [-0.2, 0) is 6.54 Å². The first kappa shape index (κ1) is 20.3. The molecule has 5 heteroatoms. The maximum absolute atomic E-state index is 13.9. The molecule has 5 rings (SSSR count). The lowest BCUT2D eigenvalue weighted by molar-refractivity contribution is 0.209. The average molecular weight is 419 g/mol. The van der Waals surface area contributed by atoms with Crippen molar-refractivity contribution in [2.75, 3.05) is 20.1 Å². The number of nitrogens with zero attached hydrogens (tertiary/aromatic N) is 3. The Labute approximate surface area is 183 Å². The first-order chi connectivity index (χ1) is 15.0. The number of halogens is 1. The van der Waals surface area contributed by atoms with Crippen molar-refractivity contribution in [3.8, 4) is 11.4 Å². The highest BCUT2D eigenvalue weighted by atomic mass is 19.1. The van der Waals surface area contributed by atoms with Gasteiger partial charge >= 0.3 is 0 Å². The third-order valence-corrected chi connectivity index (χ3v) is 7.17. The van der Waals surface area contributed by atoms with Crippen LogP contribution in [0, 0.1) is 25.6 Å². The second kappa shape index (κ2) is 8.12. The molecule has 1 aliphatic rings. The van der Waals surface area contributed by atoms with E-state index < -0.39 is 0 Å². The van der Waals surface area contributed by atoms with E-state index in [9.17, 15) is 4.39 Å². The van der Waals surface area contributed by atoms with Crippen LogP contribution in [0.4, 0.5) is 4.39 Å². The number of aromatic amines is 1. The fourth-order valence-electron chi connectivity index (χ4n) is 5.09. The van der Waals surface area contributed by atoms with E-state index in [4.69, 9.17) is 4.98 Å². The maximum Gasteiger partial charge on any atom is 0.138 e. The van der Waals surface area contributed by atoms with Crippen LogP contribution in [0.5, 0.6) is 0 Å². The van der Waals surface area contributed by atoms with Crippen molar-refractivity contribution >= 4 is 21.9 Å². The van der Waals surface area contributed by atoms with E-state index in [-0.39, 0.29) is 5.82 Å². The molecule has 0 spiro atoms. The monoisotopic (exact) mass is 418 g/mol. The Morgan fingerprint density at radius 1 is 1.06 bits per heavy atom. The molecule has 0 radical (unpaired) electrons. The van der Waals surface area contributed by atoms with Crippen LogP contribution in [-0.4, -0.2) is 39.6 Å². The third kappa shape index (κ3) is 3.76. The minimum Gasteiger partial charge on any atom is -0.347 e. The Hall–Kier alpha value is -2.66. The molecule has 2 aromatic heterocycles. The summed E-state index contributed by atoms with van der Waals surface area (Å²) in [6.07, 6.45) is 7.44. The molecule has 4 nitrogen and oxygen atoms in total. The molecule has 4 aromatic rings. The number of hydrogen-bond donors (Lipinski definition) is 1. The van der Waals surface area contributed by atoms with Crippen molar-refractivity contribution in [3.63, 3.8) is 0 Å². The molecule has 1 aliphatic heterocycles. The van der Waals surface area contributed by atoms with Gasteiger partial charge in [-0.05, 0) is 101 Å². The van der Waals surface area contributed by atoms with Gasteiger partial charge in [0.1, 0.15) is 11.6 Å². The van der Waals surface area contributed by atoms with Gasteiger partial charge in [-0.2, -0.15) is 0 Å². The summed E-state index contributed by atoms with van der Waals surface area (Å²) >= 11 is 0. The fraction of sp³-hybridized carbons (Fsp3) is 0.423. The van der Waals surface area contributed by atoms with Gasteiger partial charge in [0.25, 0.3) is 0 Å². The predicted molar refractivity (Wildman–Crippen MR) is 126 cm³/mol. The lowest BCUT2D eigenvalue weighted by Crippen LogP contribution is -2.30. The molecule has 0 bridgehead atoms. The Kier molecular flexibility index (Phi) is 5.30. The van der Waals surface area contributed by atoms with Crippen molar-refractivity contribution in [1.82, 2.24) is 19.4 Å². The van der Waals surface area contributed by atoms with Crippen LogP contribution >= 0.6 is 0 Å². The van der Waals surface area contributed by atoms with E-state index >= 15 is 0 Å². The van der Waals surface area contributed by atoms with Crippen LogP contribution in [0.15, 0.2) is 36.5 Å². The highest BCUT2D eigenvalue weighted by molar-refractivity contribution is 5.91. The zero-order chi connectivity index (χ0) is 21.5. The second-order valence-electron chi connectivity index (χ2n) is 9.22. The summed E-state index contributed by atoms with van der Waals surface area (Å²) < 4.78 is 16.3. The van der Waals surface area contributed by atoms with E-state index in [1.165, 1.54) is 61.3 Å². The smallest absolute Gasteiger partial charge is 0.138 e. The zero-order valence-electron chi connectivity index (χ0n) is 18.7. The average Bonchev–Trinajstić information content (AvgIpc) is 3.38. The number of nitrogens with one attached hydrogen (secondary N) is 1. The summed E-state index contributed by atoms with van der Waals surface area (Å²) in [6, 6.07) is 9.84. The minimum absolute atomic E-state index is 0.213. The van der Waals surface area contributed by atoms with Crippen molar-refractivity contribution < 1.29 is 4.39 Å². The maximum atomic E-state index is 13.9. The number of rotatable bonds is 5. The molecule has 3 heterocycles. The van der Waals surface area contributed by atoms with Gasteiger partial charge in [-0.3, -0.25) is 0 Å². The van der Waals surface area contributed by atoms with E-state index in [1.807, 2.05) is 0 Å². The van der Waals surface area contributed by atoms with E-state index in [2.05, 4.69) is 52.8 Å². The Morgan fingerprint density at radius 3 is 2.68 bits per heavy atom. The standard InChI is InChI=1S/C26H31FN4/c1-17-20-12-16-31(13-4-5-19-10-14-30(3)15-11-19)24(20)9-6-21(17)26-28-23-8-7-22(27)18(2)25(23)29-26/h6-9,12,16,19H,4-5,10-11,13-15H2,1-3H3,(H,28,29). The normalized spacial score (nSPS) is 16.0. The van der Waals surface area contributed by atoms with Gasteiger partial charge in [-0.25, -0.2) is 9.37 Å². The number of aromatic nitrogens is 3. The SMILES string of the molecule is Cc1c(-c2nc3c(C)c(F)ccc3[nH]2)ccc2c1ccn2CCCC1CCN(C)CC1. The number of H-pyrrole nitrogens is 1. The number of hydrogen-bond acceptors (Lipinski definition) is 2. The molecule has 31 heavy (non-hydrogen) atoms. The Balaban J connectivity index is 1.37. The molecule has 2 aromatic carbocycles. The number of aryl methyl sites for hydroxylation is 3. The first-order valence-corrected chi connectivity index (χ1v) is 11.4. The first-order valence-electron chi connectivity index (χ1n) is 11.4. The van der Waals surface area contributed by atoms with Crippen LogP contribution in [0.3, 0.4) is 0 Å². The lowest BCUT2D eigenvalue weighted by atomic mass is 9.92. The van der Waals surface area contributed by atoms with Crippen molar-refractivity contribution in [3.05, 3.63) is 53.5 Å². The van der Waals surface area contributed by atoms with Gasteiger partial charge < -0.3 is 14.5 Å². The van der Waals surface area contributed by atoms with Gasteiger partial charge in [-0.15, -0.1) is 0 Å². The highest BCUT2D eigenvalue weighted by Crippen LogP contribution is 2.31. The summed E-state index contributed by atoms with van der Waals surface area (Å²) in [4.78, 5) is 10.5. The molecule has 1 N–H and O–H groups in total. The molecule has 0 unspecified atom stereocenters. The zero-order valence-corrected chi connectivity index (χ0v) is 18.7. The van der Waals surface area contributed by atoms with E-state index in [0.29, 0.717) is 11.1 Å². The van der Waals surface area contributed by atoms with Gasteiger partial charge in [0, 0.05) is 34.8 Å². The molecule has 0 atom stereocenters. The molecule has 0 amide bonds. The lowest BCUT2D eigenvalue weighted by Gasteiger charge is -2.28. The van der Waals surface area contributed by atoms with Gasteiger partial charge in [-0.1, -0.05) is 0 Å². The second-order valence-corrected chi connectivity index (χ2v) is 9.22. The largest absolute Gasteiger partial charge is 0.347 e. The van der Waals surface area contributed by atoms with Gasteiger partial charge in [0.15, 0.2) is 0 Å². The third-order valence-electron chi connectivity index (χ3n) is 7.17. The molecule has 1 saturated heterocycles. The summed E-state index contributed by atoms with van der Waals surface area (Å²) in [6.45, 7) is 7.49. The number of imidazole rings is 1. The summed E-state index contributed by atoms with van der Waals surface area (Å²) in [5.41, 5.74) is 5.75. The summed E-state index contributed by atoms with van der Waals surface area (Å²) in [5, 5.41) is 1.26. The van der Waals surface area contributed by atoms with E-state index in [1.54, 1.807) is 13.0 Å². The number of piperidine rings is 1. The molecule has 0 saturated carbocycles. The van der Waals surface area contributed by atoms with Gasteiger partial charge in [0.2, 0.25) is 0 Å². The molecule has 1 fully saturated rings. The van der Waals surface area contributed by atoms with Crippen LogP contribution in [0.2, 0.25) is 0 Å². The molecular weight excluding hydrogens is 387 g/mol. The van der Waals surface area contributed by atoms with Crippen molar-refractivity contribution in [1.29, 1.82) is 0 Å². The van der Waals surface area contributed by atoms with Gasteiger partial charge in [0.05, 0.1) is 11.0 Å². The number of fused-ring (bicyclic) bond motifs is 2. The summed E-state index contributed by atoms with van der Waals surface area (Å²) in [5.74, 6) is 1.47. The van der Waals surface area contributed by atoms with Crippen LogP contribution in [0.25, 0.3) is 33.3 Å². The number of likely N-dealkylation sites (tertiary alicyclic amines) is 1. The topological polar surface area (TPSA) is 36.9 Å². The quantitative estimate of drug-likeness (QED) is 0.427. The van der Waals surface area contributed by atoms with Crippen molar-refractivity contribution in [2.24, 2.45) is 5.92 Å². The molecule has 162 valence electrons. The van der Waals surface area contributed by atoms with E-state index in [0.717, 1.165) is 29.4 Å². The van der Waals surface area contributed by atoms with Crippen LogP contribution < -0.4 is 0 Å². The fourth-order valence-corrected chi connectivity index (χ4v) is 5.09. The molecular formula is C26H31FN4.